The van der Waals surface area contributed by atoms with Crippen LogP contribution in [0.5, 0.6) is 17.2 Å². The Morgan fingerprint density at radius 3 is 2.04 bits per heavy atom. The molecule has 0 atom stereocenters. The number of hydrogen-bond acceptors (Lipinski definition) is 4. The molecular formula is C20H24N2O4. The van der Waals surface area contributed by atoms with Gasteiger partial charge in [-0.15, -0.1) is 0 Å². The lowest BCUT2D eigenvalue weighted by Gasteiger charge is -2.43. The molecule has 6 heteroatoms. The Morgan fingerprint density at radius 1 is 0.962 bits per heavy atom. The summed E-state index contributed by atoms with van der Waals surface area (Å²) >= 11 is 0. The molecular weight excluding hydrogens is 332 g/mol. The first kappa shape index (κ1) is 17.9. The lowest BCUT2D eigenvalue weighted by molar-refractivity contribution is 0.185. The molecule has 2 aromatic rings. The fourth-order valence-electron chi connectivity index (χ4n) is 3.31. The molecule has 2 amide bonds. The van der Waals surface area contributed by atoms with Gasteiger partial charge in [0.2, 0.25) is 5.75 Å². The lowest BCUT2D eigenvalue weighted by atomic mass is 9.72. The van der Waals surface area contributed by atoms with E-state index < -0.39 is 0 Å². The van der Waals surface area contributed by atoms with Gasteiger partial charge in [-0.25, -0.2) is 4.79 Å². The van der Waals surface area contributed by atoms with Gasteiger partial charge in [0.25, 0.3) is 0 Å². The van der Waals surface area contributed by atoms with Gasteiger partial charge in [0.05, 0.1) is 32.6 Å². The summed E-state index contributed by atoms with van der Waals surface area (Å²) < 4.78 is 16.0. The molecule has 0 spiro atoms. The number of hydrogen-bond donors (Lipinski definition) is 2. The van der Waals surface area contributed by atoms with E-state index in [-0.39, 0.29) is 11.6 Å². The molecule has 0 heterocycles. The highest BCUT2D eigenvalue weighted by atomic mass is 16.5. The average molecular weight is 356 g/mol. The third kappa shape index (κ3) is 3.40. The highest BCUT2D eigenvalue weighted by Crippen LogP contribution is 2.42. The van der Waals surface area contributed by atoms with Gasteiger partial charge >= 0.3 is 6.03 Å². The summed E-state index contributed by atoms with van der Waals surface area (Å²) in [4.78, 5) is 12.6. The number of amides is 2. The predicted octanol–water partition coefficient (Wildman–Crippen LogP) is 3.91. The molecule has 1 aliphatic rings. The molecule has 0 aromatic heterocycles. The molecule has 0 bridgehead atoms. The number of ether oxygens (including phenoxy) is 3. The first-order chi connectivity index (χ1) is 12.6. The number of benzene rings is 2. The molecule has 26 heavy (non-hydrogen) atoms. The van der Waals surface area contributed by atoms with Crippen LogP contribution in [0.1, 0.15) is 24.8 Å². The summed E-state index contributed by atoms with van der Waals surface area (Å²) in [6.07, 6.45) is 2.96. The molecule has 0 radical (unpaired) electrons. The maximum Gasteiger partial charge on any atom is 0.319 e. The Balaban J connectivity index is 1.78. The van der Waals surface area contributed by atoms with Crippen molar-refractivity contribution >= 4 is 11.7 Å². The standard InChI is InChI=1S/C20H24N2O4/c1-24-16-12-15(13-17(25-2)18(16)26-3)21-19(23)22-20(10-7-11-20)14-8-5-4-6-9-14/h4-6,8-9,12-13H,7,10-11H2,1-3H3,(H2,21,22,23). The van der Waals surface area contributed by atoms with E-state index >= 15 is 0 Å². The second-order valence-electron chi connectivity index (χ2n) is 6.29. The highest BCUT2D eigenvalue weighted by molar-refractivity contribution is 5.91. The zero-order valence-corrected chi connectivity index (χ0v) is 15.3. The van der Waals surface area contributed by atoms with Gasteiger partial charge in [-0.2, -0.15) is 0 Å². The number of methoxy groups -OCH3 is 3. The minimum absolute atomic E-state index is 0.261. The van der Waals surface area contributed by atoms with Gasteiger partial charge in [0.1, 0.15) is 0 Å². The summed E-state index contributed by atoms with van der Waals surface area (Å²) in [7, 11) is 4.63. The van der Waals surface area contributed by atoms with Gasteiger partial charge in [-0.1, -0.05) is 30.3 Å². The summed E-state index contributed by atoms with van der Waals surface area (Å²) in [6, 6.07) is 13.2. The van der Waals surface area contributed by atoms with Gasteiger partial charge in [0.15, 0.2) is 11.5 Å². The van der Waals surface area contributed by atoms with Crippen molar-refractivity contribution in [1.29, 1.82) is 0 Å². The van der Waals surface area contributed by atoms with Crippen LogP contribution >= 0.6 is 0 Å². The maximum absolute atomic E-state index is 12.6. The van der Waals surface area contributed by atoms with Crippen molar-refractivity contribution < 1.29 is 19.0 Å². The van der Waals surface area contributed by atoms with Gasteiger partial charge < -0.3 is 24.8 Å². The number of nitrogens with one attached hydrogen (secondary N) is 2. The molecule has 2 aromatic carbocycles. The van der Waals surface area contributed by atoms with Crippen LogP contribution in [-0.4, -0.2) is 27.4 Å². The Bertz CT molecular complexity index is 748. The van der Waals surface area contributed by atoms with E-state index in [2.05, 4.69) is 22.8 Å². The Kier molecular flexibility index (Phi) is 5.21. The predicted molar refractivity (Wildman–Crippen MR) is 100 cm³/mol. The van der Waals surface area contributed by atoms with Gasteiger partial charge in [0, 0.05) is 12.1 Å². The van der Waals surface area contributed by atoms with E-state index in [9.17, 15) is 4.79 Å². The summed E-state index contributed by atoms with van der Waals surface area (Å²) in [6.45, 7) is 0. The molecule has 3 rings (SSSR count). The van der Waals surface area contributed by atoms with Crippen molar-refractivity contribution in [2.75, 3.05) is 26.6 Å². The largest absolute Gasteiger partial charge is 0.493 e. The van der Waals surface area contributed by atoms with Crippen LogP contribution in [0.4, 0.5) is 10.5 Å². The van der Waals surface area contributed by atoms with Crippen LogP contribution in [0.3, 0.4) is 0 Å². The topological polar surface area (TPSA) is 68.8 Å². The lowest BCUT2D eigenvalue weighted by Crippen LogP contribution is -2.52. The summed E-state index contributed by atoms with van der Waals surface area (Å²) in [5.41, 5.74) is 1.40. The monoisotopic (exact) mass is 356 g/mol. The molecule has 2 N–H and O–H groups in total. The Morgan fingerprint density at radius 2 is 1.58 bits per heavy atom. The first-order valence-electron chi connectivity index (χ1n) is 8.56. The van der Waals surface area contributed by atoms with Crippen molar-refractivity contribution in [3.8, 4) is 17.2 Å². The molecule has 1 saturated carbocycles. The molecule has 1 fully saturated rings. The van der Waals surface area contributed by atoms with E-state index in [1.165, 1.54) is 0 Å². The smallest absolute Gasteiger partial charge is 0.319 e. The van der Waals surface area contributed by atoms with Crippen LogP contribution in [-0.2, 0) is 5.54 Å². The Labute approximate surface area is 153 Å². The fourth-order valence-corrected chi connectivity index (χ4v) is 3.31. The van der Waals surface area contributed by atoms with Crippen LogP contribution in [0.15, 0.2) is 42.5 Å². The van der Waals surface area contributed by atoms with Crippen molar-refractivity contribution in [3.63, 3.8) is 0 Å². The highest BCUT2D eigenvalue weighted by Gasteiger charge is 2.40. The second-order valence-corrected chi connectivity index (χ2v) is 6.29. The number of rotatable bonds is 6. The molecule has 138 valence electrons. The Hall–Kier alpha value is -2.89. The van der Waals surface area contributed by atoms with Crippen LogP contribution in [0.2, 0.25) is 0 Å². The van der Waals surface area contributed by atoms with Crippen LogP contribution < -0.4 is 24.8 Å². The van der Waals surface area contributed by atoms with Gasteiger partial charge in [-0.05, 0) is 24.8 Å². The van der Waals surface area contributed by atoms with Crippen molar-refractivity contribution in [2.45, 2.75) is 24.8 Å². The average Bonchev–Trinajstić information content (AvgIpc) is 2.64. The van der Waals surface area contributed by atoms with E-state index in [1.807, 2.05) is 18.2 Å². The SMILES string of the molecule is COc1cc(NC(=O)NC2(c3ccccc3)CCC2)cc(OC)c1OC. The van der Waals surface area contributed by atoms with E-state index in [0.29, 0.717) is 22.9 Å². The fraction of sp³-hybridized carbons (Fsp3) is 0.350. The normalized spacial score (nSPS) is 14.7. The van der Waals surface area contributed by atoms with E-state index in [4.69, 9.17) is 14.2 Å². The first-order valence-corrected chi connectivity index (χ1v) is 8.56. The molecule has 0 unspecified atom stereocenters. The zero-order valence-electron chi connectivity index (χ0n) is 15.3. The third-order valence-corrected chi connectivity index (χ3v) is 4.81. The minimum Gasteiger partial charge on any atom is -0.493 e. The number of urea groups is 1. The number of carbonyl (C=O) groups is 1. The molecule has 0 aliphatic heterocycles. The number of carbonyl (C=O) groups excluding carboxylic acids is 1. The van der Waals surface area contributed by atoms with Crippen LogP contribution in [0, 0.1) is 0 Å². The zero-order chi connectivity index (χ0) is 18.6. The van der Waals surface area contributed by atoms with Crippen LogP contribution in [0.25, 0.3) is 0 Å². The van der Waals surface area contributed by atoms with E-state index in [1.54, 1.807) is 33.5 Å². The quantitative estimate of drug-likeness (QED) is 0.823. The van der Waals surface area contributed by atoms with Crippen molar-refractivity contribution in [3.05, 3.63) is 48.0 Å². The maximum atomic E-state index is 12.6. The van der Waals surface area contributed by atoms with E-state index in [0.717, 1.165) is 24.8 Å². The summed E-state index contributed by atoms with van der Waals surface area (Å²) in [5, 5.41) is 6.01. The minimum atomic E-state index is -0.300. The number of anilines is 1. The third-order valence-electron chi connectivity index (χ3n) is 4.81. The van der Waals surface area contributed by atoms with Crippen molar-refractivity contribution in [2.24, 2.45) is 0 Å². The molecule has 6 nitrogen and oxygen atoms in total. The van der Waals surface area contributed by atoms with Crippen molar-refractivity contribution in [1.82, 2.24) is 5.32 Å². The second kappa shape index (κ2) is 7.56. The van der Waals surface area contributed by atoms with Gasteiger partial charge in [-0.3, -0.25) is 0 Å². The molecule has 0 saturated heterocycles. The summed E-state index contributed by atoms with van der Waals surface area (Å²) in [5.74, 6) is 1.47. The molecule has 1 aliphatic carbocycles.